The van der Waals surface area contributed by atoms with Crippen molar-refractivity contribution in [2.75, 3.05) is 21.3 Å². The second-order valence-corrected chi connectivity index (χ2v) is 5.89. The van der Waals surface area contributed by atoms with Gasteiger partial charge < -0.3 is 18.8 Å². The first-order valence-corrected chi connectivity index (χ1v) is 8.14. The van der Waals surface area contributed by atoms with Crippen molar-refractivity contribution in [2.24, 2.45) is 7.05 Å². The van der Waals surface area contributed by atoms with Crippen molar-refractivity contribution in [2.45, 2.75) is 0 Å². The van der Waals surface area contributed by atoms with E-state index in [0.717, 1.165) is 5.56 Å². The smallest absolute Gasteiger partial charge is 0.356 e. The number of benzene rings is 1. The molecule has 0 aliphatic rings. The zero-order valence-corrected chi connectivity index (χ0v) is 15.6. The average Bonchev–Trinajstić information content (AvgIpc) is 3.24. The van der Waals surface area contributed by atoms with Crippen LogP contribution in [0.3, 0.4) is 0 Å². The minimum absolute atomic E-state index is 0.101. The van der Waals surface area contributed by atoms with Crippen molar-refractivity contribution < 1.29 is 23.8 Å². The van der Waals surface area contributed by atoms with Gasteiger partial charge >= 0.3 is 11.9 Å². The number of esters is 2. The van der Waals surface area contributed by atoms with Crippen molar-refractivity contribution in [1.82, 2.24) is 8.97 Å². The number of aryl methyl sites for hydroxylation is 1. The molecule has 0 aliphatic carbocycles. The summed E-state index contributed by atoms with van der Waals surface area (Å²) in [5, 5.41) is 0. The van der Waals surface area contributed by atoms with Crippen molar-refractivity contribution in [1.29, 1.82) is 0 Å². The number of hydrogen-bond acceptors (Lipinski definition) is 5. The Morgan fingerprint density at radius 2 is 1.56 bits per heavy atom. The van der Waals surface area contributed by atoms with Gasteiger partial charge in [-0.05, 0) is 23.3 Å². The summed E-state index contributed by atoms with van der Waals surface area (Å²) >= 11 is 0. The molecule has 1 aromatic carbocycles. The van der Waals surface area contributed by atoms with Crippen LogP contribution in [0.15, 0.2) is 43.2 Å². The molecular formula is C20H20N2O5. The summed E-state index contributed by atoms with van der Waals surface area (Å²) < 4.78 is 18.4. The van der Waals surface area contributed by atoms with Crippen LogP contribution in [-0.4, -0.2) is 42.2 Å². The fraction of sp³-hybridized carbons (Fsp3) is 0.200. The third-order valence-electron chi connectivity index (χ3n) is 4.46. The molecule has 3 aromatic rings. The van der Waals surface area contributed by atoms with E-state index < -0.39 is 11.9 Å². The molecule has 0 bridgehead atoms. The van der Waals surface area contributed by atoms with E-state index in [1.165, 1.54) is 14.2 Å². The predicted molar refractivity (Wildman–Crippen MR) is 100 cm³/mol. The molecule has 0 fully saturated rings. The van der Waals surface area contributed by atoms with Gasteiger partial charge in [-0.1, -0.05) is 18.7 Å². The Balaban J connectivity index is 2.32. The Bertz CT molecular complexity index is 1040. The van der Waals surface area contributed by atoms with Crippen LogP contribution in [-0.2, 0) is 16.5 Å². The predicted octanol–water partition coefficient (Wildman–Crippen LogP) is 2.92. The quantitative estimate of drug-likeness (QED) is 0.648. The molecule has 27 heavy (non-hydrogen) atoms. The van der Waals surface area contributed by atoms with Gasteiger partial charge in [-0.15, -0.1) is 0 Å². The van der Waals surface area contributed by atoms with Crippen LogP contribution in [0.4, 0.5) is 0 Å². The van der Waals surface area contributed by atoms with Gasteiger partial charge in [-0.3, -0.25) is 4.40 Å². The second kappa shape index (κ2) is 7.03. The van der Waals surface area contributed by atoms with E-state index in [1.54, 1.807) is 36.0 Å². The number of carbonyl (C=O) groups excluding carboxylic acids is 2. The van der Waals surface area contributed by atoms with Gasteiger partial charge in [0.05, 0.1) is 21.3 Å². The van der Waals surface area contributed by atoms with Crippen LogP contribution in [0, 0.1) is 0 Å². The molecule has 0 aliphatic heterocycles. The molecule has 0 radical (unpaired) electrons. The number of fused-ring (bicyclic) bond motifs is 1. The van der Waals surface area contributed by atoms with Crippen molar-refractivity contribution >= 4 is 23.2 Å². The highest BCUT2D eigenvalue weighted by atomic mass is 16.5. The first-order chi connectivity index (χ1) is 12.9. The standard InChI is InChI=1S/C20H20N2O5/c1-12(13-6-8-14(25-3)9-7-13)15-16(19(23)26-4)17(20(24)27-5)22-11-10-21(2)18(15)22/h6-11H,1H2,2-5H3. The number of ether oxygens (including phenoxy) is 3. The van der Waals surface area contributed by atoms with Gasteiger partial charge in [0.1, 0.15) is 22.7 Å². The van der Waals surface area contributed by atoms with Gasteiger partial charge in [0.2, 0.25) is 0 Å². The topological polar surface area (TPSA) is 71.2 Å². The lowest BCUT2D eigenvalue weighted by atomic mass is 9.97. The summed E-state index contributed by atoms with van der Waals surface area (Å²) in [6.45, 7) is 4.17. The number of carbonyl (C=O) groups is 2. The summed E-state index contributed by atoms with van der Waals surface area (Å²) in [4.78, 5) is 25.0. The van der Waals surface area contributed by atoms with E-state index in [9.17, 15) is 9.59 Å². The zero-order chi connectivity index (χ0) is 19.7. The Morgan fingerprint density at radius 3 is 2.11 bits per heavy atom. The number of hydrogen-bond donors (Lipinski definition) is 0. The first kappa shape index (κ1) is 18.3. The lowest BCUT2D eigenvalue weighted by molar-refractivity contribution is 0.0550. The SMILES string of the molecule is C=C(c1ccc(OC)cc1)c1c(C(=O)OC)c(C(=O)OC)n2ccn(C)c12. The first-order valence-electron chi connectivity index (χ1n) is 8.14. The lowest BCUT2D eigenvalue weighted by Gasteiger charge is -2.10. The molecule has 140 valence electrons. The van der Waals surface area contributed by atoms with E-state index in [2.05, 4.69) is 6.58 Å². The van der Waals surface area contributed by atoms with Gasteiger partial charge in [0.15, 0.2) is 0 Å². The monoisotopic (exact) mass is 368 g/mol. The van der Waals surface area contributed by atoms with Gasteiger partial charge in [-0.2, -0.15) is 0 Å². The Morgan fingerprint density at radius 1 is 0.926 bits per heavy atom. The summed E-state index contributed by atoms with van der Waals surface area (Å²) in [6, 6.07) is 7.29. The summed E-state index contributed by atoms with van der Waals surface area (Å²) in [5.74, 6) is -0.565. The molecule has 7 nitrogen and oxygen atoms in total. The van der Waals surface area contributed by atoms with E-state index in [-0.39, 0.29) is 11.3 Å². The molecule has 7 heteroatoms. The normalized spacial score (nSPS) is 10.7. The van der Waals surface area contributed by atoms with E-state index >= 15 is 0 Å². The maximum atomic E-state index is 12.6. The van der Waals surface area contributed by atoms with Crippen LogP contribution in [0.2, 0.25) is 0 Å². The fourth-order valence-electron chi connectivity index (χ4n) is 3.13. The zero-order valence-electron chi connectivity index (χ0n) is 15.6. The van der Waals surface area contributed by atoms with Gasteiger partial charge in [0.25, 0.3) is 0 Å². The molecule has 0 N–H and O–H groups in total. The van der Waals surface area contributed by atoms with Crippen LogP contribution < -0.4 is 4.74 Å². The van der Waals surface area contributed by atoms with Crippen LogP contribution in [0.5, 0.6) is 5.75 Å². The van der Waals surface area contributed by atoms with Crippen molar-refractivity contribution in [3.8, 4) is 5.75 Å². The molecule has 0 unspecified atom stereocenters. The number of methoxy groups -OCH3 is 3. The largest absolute Gasteiger partial charge is 0.497 e. The highest BCUT2D eigenvalue weighted by Crippen LogP contribution is 2.34. The van der Waals surface area contributed by atoms with Crippen LogP contribution >= 0.6 is 0 Å². The minimum Gasteiger partial charge on any atom is -0.497 e. The van der Waals surface area contributed by atoms with E-state index in [0.29, 0.717) is 22.5 Å². The molecule has 3 rings (SSSR count). The minimum atomic E-state index is -0.635. The maximum Gasteiger partial charge on any atom is 0.356 e. The van der Waals surface area contributed by atoms with E-state index in [4.69, 9.17) is 14.2 Å². The summed E-state index contributed by atoms with van der Waals surface area (Å²) in [5.41, 5.74) is 2.73. The summed E-state index contributed by atoms with van der Waals surface area (Å²) in [6.07, 6.45) is 3.48. The number of imidazole rings is 1. The Labute approximate surface area is 156 Å². The Hall–Kier alpha value is -3.48. The molecule has 2 aromatic heterocycles. The van der Waals surface area contributed by atoms with Crippen LogP contribution in [0.25, 0.3) is 11.2 Å². The molecule has 0 saturated carbocycles. The number of nitrogens with zero attached hydrogens (tertiary/aromatic N) is 2. The second-order valence-electron chi connectivity index (χ2n) is 5.89. The van der Waals surface area contributed by atoms with Crippen molar-refractivity contribution in [3.63, 3.8) is 0 Å². The third-order valence-corrected chi connectivity index (χ3v) is 4.46. The molecule has 0 saturated heterocycles. The highest BCUT2D eigenvalue weighted by Gasteiger charge is 2.32. The molecule has 0 atom stereocenters. The van der Waals surface area contributed by atoms with E-state index in [1.807, 2.05) is 23.7 Å². The molecular weight excluding hydrogens is 348 g/mol. The third kappa shape index (κ3) is 2.87. The van der Waals surface area contributed by atoms with Gasteiger partial charge in [0, 0.05) is 25.0 Å². The maximum absolute atomic E-state index is 12.6. The lowest BCUT2D eigenvalue weighted by Crippen LogP contribution is -2.13. The fourth-order valence-corrected chi connectivity index (χ4v) is 3.13. The van der Waals surface area contributed by atoms with Gasteiger partial charge in [-0.25, -0.2) is 9.59 Å². The molecule has 0 amide bonds. The number of rotatable bonds is 5. The Kier molecular flexibility index (Phi) is 4.77. The van der Waals surface area contributed by atoms with Crippen molar-refractivity contribution in [3.05, 3.63) is 65.6 Å². The molecule has 0 spiro atoms. The molecule has 2 heterocycles. The van der Waals surface area contributed by atoms with Crippen LogP contribution in [0.1, 0.15) is 32.0 Å². The number of aromatic nitrogens is 2. The summed E-state index contributed by atoms with van der Waals surface area (Å²) in [7, 11) is 5.95. The highest BCUT2D eigenvalue weighted by molar-refractivity contribution is 6.10. The average molecular weight is 368 g/mol.